The molecule has 1 aliphatic heterocycles. The molecule has 0 unspecified atom stereocenters. The minimum Gasteiger partial charge on any atom is -0.493 e. The van der Waals surface area contributed by atoms with Crippen molar-refractivity contribution in [3.05, 3.63) is 29.5 Å². The summed E-state index contributed by atoms with van der Waals surface area (Å²) in [5, 5.41) is 0. The second kappa shape index (κ2) is 7.40. The standard InChI is InChI=1S/C13H18N2O2S2.H2S/c1-9-6-10(7-12(16-4)13(9)17-5)11-8-15(11)19-18-14(2)3;/h6-8H,1-5H3;1H2. The van der Waals surface area contributed by atoms with E-state index in [1.54, 1.807) is 36.2 Å². The quantitative estimate of drug-likeness (QED) is 0.584. The van der Waals surface area contributed by atoms with E-state index in [0.717, 1.165) is 22.6 Å². The molecule has 4 nitrogen and oxygen atoms in total. The van der Waals surface area contributed by atoms with Crippen molar-refractivity contribution in [1.29, 1.82) is 0 Å². The summed E-state index contributed by atoms with van der Waals surface area (Å²) in [6.45, 7) is 2.03. The normalized spacial score (nSPS) is 12.9. The molecule has 0 radical (unpaired) electrons. The fourth-order valence-electron chi connectivity index (χ4n) is 1.75. The molecule has 0 fully saturated rings. The van der Waals surface area contributed by atoms with E-state index in [-0.39, 0.29) is 13.5 Å². The highest BCUT2D eigenvalue weighted by atomic mass is 33.1. The van der Waals surface area contributed by atoms with E-state index in [2.05, 4.69) is 20.9 Å². The zero-order chi connectivity index (χ0) is 14.0. The third-order valence-electron chi connectivity index (χ3n) is 2.63. The second-order valence-electron chi connectivity index (χ2n) is 4.33. The van der Waals surface area contributed by atoms with Gasteiger partial charge in [-0.3, -0.25) is 4.31 Å². The maximum atomic E-state index is 5.38. The van der Waals surface area contributed by atoms with Crippen molar-refractivity contribution in [2.45, 2.75) is 6.92 Å². The number of hydrogen-bond acceptors (Lipinski definition) is 6. The molecule has 1 heterocycles. The van der Waals surface area contributed by atoms with Crippen LogP contribution in [0.3, 0.4) is 0 Å². The monoisotopic (exact) mass is 332 g/mol. The third kappa shape index (κ3) is 3.94. The van der Waals surface area contributed by atoms with Crippen LogP contribution in [0.4, 0.5) is 0 Å². The summed E-state index contributed by atoms with van der Waals surface area (Å²) in [6, 6.07) is 4.13. The Kier molecular flexibility index (Phi) is 6.44. The van der Waals surface area contributed by atoms with Crippen molar-refractivity contribution < 1.29 is 9.47 Å². The smallest absolute Gasteiger partial charge is 0.163 e. The molecule has 1 aromatic rings. The van der Waals surface area contributed by atoms with Crippen LogP contribution < -0.4 is 9.47 Å². The van der Waals surface area contributed by atoms with Crippen molar-refractivity contribution >= 4 is 41.2 Å². The first-order valence-corrected chi connectivity index (χ1v) is 7.89. The number of methoxy groups -OCH3 is 2. The van der Waals surface area contributed by atoms with Gasteiger partial charge in [0, 0.05) is 33.7 Å². The van der Waals surface area contributed by atoms with E-state index < -0.39 is 0 Å². The number of rotatable bonds is 6. The number of nitrogens with zero attached hydrogens (tertiary/aromatic N) is 2. The lowest BCUT2D eigenvalue weighted by Crippen LogP contribution is -1.98. The average Bonchev–Trinajstić information content (AvgIpc) is 3.14. The SMILES string of the molecule is COc1cc(C2=CN2SSN(C)C)cc(C)c1OC.S. The molecular weight excluding hydrogens is 312 g/mol. The molecule has 1 aliphatic rings. The van der Waals surface area contributed by atoms with Crippen LogP contribution in [-0.2, 0) is 0 Å². The fraction of sp³-hybridized carbons (Fsp3) is 0.385. The van der Waals surface area contributed by atoms with Gasteiger partial charge in [-0.05, 0) is 38.7 Å². The van der Waals surface area contributed by atoms with Gasteiger partial charge in [-0.15, -0.1) is 0 Å². The van der Waals surface area contributed by atoms with Crippen molar-refractivity contribution in [2.24, 2.45) is 0 Å². The van der Waals surface area contributed by atoms with E-state index >= 15 is 0 Å². The van der Waals surface area contributed by atoms with Gasteiger partial charge in [0.25, 0.3) is 0 Å². The molecule has 0 spiro atoms. The number of ether oxygens (including phenoxy) is 2. The molecule has 0 saturated carbocycles. The molecule has 0 N–H and O–H groups in total. The van der Waals surface area contributed by atoms with Crippen LogP contribution in [0.1, 0.15) is 11.1 Å². The van der Waals surface area contributed by atoms with Crippen LogP contribution in [0, 0.1) is 6.92 Å². The van der Waals surface area contributed by atoms with Crippen molar-refractivity contribution in [1.82, 2.24) is 8.61 Å². The van der Waals surface area contributed by atoms with E-state index in [4.69, 9.17) is 9.47 Å². The molecular formula is C13H20N2O2S3. The third-order valence-corrected chi connectivity index (χ3v) is 5.04. The predicted octanol–water partition coefficient (Wildman–Crippen LogP) is 3.51. The van der Waals surface area contributed by atoms with E-state index in [0.29, 0.717) is 0 Å². The summed E-state index contributed by atoms with van der Waals surface area (Å²) in [5.41, 5.74) is 3.44. The average molecular weight is 333 g/mol. The van der Waals surface area contributed by atoms with Crippen LogP contribution in [0.2, 0.25) is 0 Å². The van der Waals surface area contributed by atoms with Crippen molar-refractivity contribution in [3.8, 4) is 11.5 Å². The molecule has 0 aliphatic carbocycles. The van der Waals surface area contributed by atoms with Crippen molar-refractivity contribution in [3.63, 3.8) is 0 Å². The van der Waals surface area contributed by atoms with E-state index in [1.807, 2.05) is 27.1 Å². The zero-order valence-electron chi connectivity index (χ0n) is 12.3. The van der Waals surface area contributed by atoms with Crippen LogP contribution in [-0.4, -0.2) is 36.9 Å². The summed E-state index contributed by atoms with van der Waals surface area (Å²) < 4.78 is 14.9. The number of aryl methyl sites for hydroxylation is 1. The van der Waals surface area contributed by atoms with Crippen LogP contribution in [0.5, 0.6) is 11.5 Å². The first kappa shape index (κ1) is 17.4. The van der Waals surface area contributed by atoms with Gasteiger partial charge < -0.3 is 9.47 Å². The first-order valence-electron chi connectivity index (χ1n) is 5.83. The lowest BCUT2D eigenvalue weighted by Gasteiger charge is -2.13. The Labute approximate surface area is 135 Å². The molecule has 20 heavy (non-hydrogen) atoms. The summed E-state index contributed by atoms with van der Waals surface area (Å²) in [6.07, 6.45) is 2.11. The predicted molar refractivity (Wildman–Crippen MR) is 93.3 cm³/mol. The highest BCUT2D eigenvalue weighted by molar-refractivity contribution is 8.75. The molecule has 1 aromatic carbocycles. The van der Waals surface area contributed by atoms with E-state index in [1.165, 1.54) is 5.70 Å². The van der Waals surface area contributed by atoms with Gasteiger partial charge in [0.2, 0.25) is 0 Å². The maximum Gasteiger partial charge on any atom is 0.163 e. The number of hydrogen-bond donors (Lipinski definition) is 0. The molecule has 7 heteroatoms. The molecule has 0 bridgehead atoms. The number of benzene rings is 1. The highest BCUT2D eigenvalue weighted by Gasteiger charge is 2.25. The molecule has 0 aromatic heterocycles. The molecule has 112 valence electrons. The van der Waals surface area contributed by atoms with Gasteiger partial charge in [-0.25, -0.2) is 4.31 Å². The minimum atomic E-state index is 0. The van der Waals surface area contributed by atoms with Crippen LogP contribution in [0.15, 0.2) is 18.3 Å². The minimum absolute atomic E-state index is 0. The summed E-state index contributed by atoms with van der Waals surface area (Å²) in [7, 11) is 10.8. The second-order valence-corrected chi connectivity index (χ2v) is 6.65. The Bertz CT molecular complexity index is 507. The molecule has 0 amide bonds. The lowest BCUT2D eigenvalue weighted by molar-refractivity contribution is 0.353. The fourth-order valence-corrected chi connectivity index (χ4v) is 3.27. The molecule has 0 saturated heterocycles. The van der Waals surface area contributed by atoms with Gasteiger partial charge in [0.05, 0.1) is 19.9 Å². The summed E-state index contributed by atoms with van der Waals surface area (Å²) >= 11 is 0. The van der Waals surface area contributed by atoms with Crippen molar-refractivity contribution in [2.75, 3.05) is 28.3 Å². The van der Waals surface area contributed by atoms with Crippen LogP contribution in [0.25, 0.3) is 5.70 Å². The zero-order valence-corrected chi connectivity index (χ0v) is 14.9. The Morgan fingerprint density at radius 3 is 2.40 bits per heavy atom. The van der Waals surface area contributed by atoms with E-state index in [9.17, 15) is 0 Å². The topological polar surface area (TPSA) is 24.7 Å². The maximum absolute atomic E-state index is 5.38. The Morgan fingerprint density at radius 2 is 1.85 bits per heavy atom. The lowest BCUT2D eigenvalue weighted by atomic mass is 10.1. The van der Waals surface area contributed by atoms with Gasteiger partial charge in [0.1, 0.15) is 0 Å². The largest absolute Gasteiger partial charge is 0.493 e. The molecule has 0 atom stereocenters. The van der Waals surface area contributed by atoms with Gasteiger partial charge in [-0.2, -0.15) is 13.5 Å². The van der Waals surface area contributed by atoms with Crippen LogP contribution >= 0.6 is 35.5 Å². The highest BCUT2D eigenvalue weighted by Crippen LogP contribution is 2.46. The Morgan fingerprint density at radius 1 is 1.15 bits per heavy atom. The summed E-state index contributed by atoms with van der Waals surface area (Å²) in [4.78, 5) is 0. The van der Waals surface area contributed by atoms with Gasteiger partial charge >= 0.3 is 0 Å². The van der Waals surface area contributed by atoms with Gasteiger partial charge in [-0.1, -0.05) is 0 Å². The Balaban J connectivity index is 0.00000200. The Hall–Kier alpha value is -0.630. The summed E-state index contributed by atoms with van der Waals surface area (Å²) in [5.74, 6) is 1.57. The molecule has 2 rings (SSSR count). The van der Waals surface area contributed by atoms with Gasteiger partial charge in [0.15, 0.2) is 11.5 Å². The first-order chi connectivity index (χ1) is 9.06.